The molecule has 1 aliphatic heterocycles. The molecule has 0 fully saturated rings. The highest BCUT2D eigenvalue weighted by Crippen LogP contribution is 2.14. The van der Waals surface area contributed by atoms with Crippen LogP contribution in [0.5, 0.6) is 0 Å². The molecule has 0 unspecified atom stereocenters. The lowest BCUT2D eigenvalue weighted by molar-refractivity contribution is -0.174. The molecule has 6 heteroatoms. The zero-order valence-electron chi connectivity index (χ0n) is 7.97. The van der Waals surface area contributed by atoms with Gasteiger partial charge in [0.2, 0.25) is 0 Å². The Morgan fingerprint density at radius 3 is 2.71 bits per heavy atom. The van der Waals surface area contributed by atoms with Crippen LogP contribution in [-0.2, 0) is 4.74 Å². The molecule has 14 heavy (non-hydrogen) atoms. The topological polar surface area (TPSA) is 24.8 Å². The first-order valence-electron chi connectivity index (χ1n) is 4.41. The van der Waals surface area contributed by atoms with Crippen LogP contribution >= 0.6 is 0 Å². The van der Waals surface area contributed by atoms with Crippen molar-refractivity contribution in [3.63, 3.8) is 0 Å². The van der Waals surface area contributed by atoms with Gasteiger partial charge in [-0.15, -0.1) is 0 Å². The first-order chi connectivity index (χ1) is 6.47. The first-order valence-corrected chi connectivity index (χ1v) is 4.41. The quantitative estimate of drug-likeness (QED) is 0.659. The van der Waals surface area contributed by atoms with E-state index in [1.807, 2.05) is 6.92 Å². The van der Waals surface area contributed by atoms with E-state index in [0.717, 1.165) is 18.7 Å². The van der Waals surface area contributed by atoms with Crippen molar-refractivity contribution in [2.24, 2.45) is 5.10 Å². The first kappa shape index (κ1) is 11.3. The van der Waals surface area contributed by atoms with Crippen LogP contribution in [0, 0.1) is 0 Å². The Kier molecular flexibility index (Phi) is 3.74. The molecule has 1 aliphatic rings. The molecule has 0 aromatic heterocycles. The van der Waals surface area contributed by atoms with Gasteiger partial charge >= 0.3 is 6.18 Å². The van der Waals surface area contributed by atoms with Crippen LogP contribution in [0.1, 0.15) is 13.3 Å². The minimum Gasteiger partial charge on any atom is -0.370 e. The summed E-state index contributed by atoms with van der Waals surface area (Å²) in [5.41, 5.74) is 1.01. The number of hydrazone groups is 1. The van der Waals surface area contributed by atoms with Gasteiger partial charge in [0.25, 0.3) is 0 Å². The van der Waals surface area contributed by atoms with Crippen molar-refractivity contribution in [3.8, 4) is 0 Å². The Morgan fingerprint density at radius 2 is 2.21 bits per heavy atom. The Morgan fingerprint density at radius 1 is 1.50 bits per heavy atom. The van der Waals surface area contributed by atoms with Crippen molar-refractivity contribution in [2.45, 2.75) is 19.5 Å². The summed E-state index contributed by atoms with van der Waals surface area (Å²) in [6.07, 6.45) is -3.34. The molecule has 0 aliphatic carbocycles. The molecular formula is C8H13F3N2O. The molecule has 0 atom stereocenters. The predicted molar refractivity (Wildman–Crippen MR) is 46.2 cm³/mol. The molecule has 0 aromatic carbocycles. The summed E-state index contributed by atoms with van der Waals surface area (Å²) in [7, 11) is 0. The fraction of sp³-hybridized carbons (Fsp3) is 0.875. The van der Waals surface area contributed by atoms with Crippen molar-refractivity contribution >= 4 is 5.71 Å². The molecule has 0 amide bonds. The van der Waals surface area contributed by atoms with E-state index in [-0.39, 0.29) is 6.61 Å². The Labute approximate surface area is 80.5 Å². The fourth-order valence-corrected chi connectivity index (χ4v) is 1.15. The van der Waals surface area contributed by atoms with E-state index in [4.69, 9.17) is 0 Å². The third-order valence-electron chi connectivity index (χ3n) is 1.80. The SMILES string of the molecule is CC1=NN(CCOCC(F)(F)F)CC1. The summed E-state index contributed by atoms with van der Waals surface area (Å²) in [5.74, 6) is 0. The highest BCUT2D eigenvalue weighted by atomic mass is 19.4. The Balaban J connectivity index is 2.05. The molecule has 0 spiro atoms. The smallest absolute Gasteiger partial charge is 0.370 e. The fourth-order valence-electron chi connectivity index (χ4n) is 1.15. The number of ether oxygens (including phenoxy) is 1. The lowest BCUT2D eigenvalue weighted by Gasteiger charge is -2.13. The van der Waals surface area contributed by atoms with Crippen molar-refractivity contribution in [1.29, 1.82) is 0 Å². The van der Waals surface area contributed by atoms with E-state index >= 15 is 0 Å². The lowest BCUT2D eigenvalue weighted by atomic mass is 10.3. The standard InChI is InChI=1S/C8H13F3N2O/c1-7-2-3-13(12-7)4-5-14-6-8(9,10)11/h2-6H2,1H3. The molecule has 1 heterocycles. The predicted octanol–water partition coefficient (Wildman–Crippen LogP) is 1.65. The summed E-state index contributed by atoms with van der Waals surface area (Å²) in [6.45, 7) is 1.99. The minimum absolute atomic E-state index is 0.0658. The molecule has 0 saturated heterocycles. The van der Waals surface area contributed by atoms with Crippen LogP contribution in [0.25, 0.3) is 0 Å². The van der Waals surface area contributed by atoms with Gasteiger partial charge < -0.3 is 4.74 Å². The van der Waals surface area contributed by atoms with Gasteiger partial charge in [0.1, 0.15) is 6.61 Å². The van der Waals surface area contributed by atoms with E-state index in [2.05, 4.69) is 9.84 Å². The Bertz CT molecular complexity index is 215. The summed E-state index contributed by atoms with van der Waals surface area (Å²) in [5, 5.41) is 5.84. The highest BCUT2D eigenvalue weighted by Gasteiger charge is 2.27. The van der Waals surface area contributed by atoms with Gasteiger partial charge in [-0.05, 0) is 6.92 Å². The average Bonchev–Trinajstić information content (AvgIpc) is 2.44. The van der Waals surface area contributed by atoms with Crippen molar-refractivity contribution in [1.82, 2.24) is 5.01 Å². The molecule has 0 N–H and O–H groups in total. The summed E-state index contributed by atoms with van der Waals surface area (Å²) < 4.78 is 39.4. The molecule has 0 radical (unpaired) electrons. The number of halogens is 3. The van der Waals surface area contributed by atoms with Gasteiger partial charge in [0, 0.05) is 18.7 Å². The number of hydrogen-bond donors (Lipinski definition) is 0. The van der Waals surface area contributed by atoms with Crippen LogP contribution in [0.15, 0.2) is 5.10 Å². The third-order valence-corrected chi connectivity index (χ3v) is 1.80. The van der Waals surface area contributed by atoms with Gasteiger partial charge in [-0.1, -0.05) is 0 Å². The van der Waals surface area contributed by atoms with E-state index in [1.165, 1.54) is 0 Å². The maximum absolute atomic E-state index is 11.7. The van der Waals surface area contributed by atoms with Gasteiger partial charge in [0.05, 0.1) is 13.2 Å². The number of rotatable bonds is 4. The van der Waals surface area contributed by atoms with Gasteiger partial charge in [0.15, 0.2) is 0 Å². The monoisotopic (exact) mass is 210 g/mol. The number of alkyl halides is 3. The number of hydrogen-bond acceptors (Lipinski definition) is 3. The van der Waals surface area contributed by atoms with E-state index in [9.17, 15) is 13.2 Å². The third kappa shape index (κ3) is 4.45. The molecule has 1 rings (SSSR count). The highest BCUT2D eigenvalue weighted by molar-refractivity contribution is 5.82. The molecule has 0 aromatic rings. The second-order valence-electron chi connectivity index (χ2n) is 3.21. The van der Waals surface area contributed by atoms with Crippen molar-refractivity contribution in [3.05, 3.63) is 0 Å². The zero-order chi connectivity index (χ0) is 10.6. The second kappa shape index (κ2) is 4.63. The maximum Gasteiger partial charge on any atom is 0.411 e. The van der Waals surface area contributed by atoms with Crippen LogP contribution in [0.3, 0.4) is 0 Å². The normalized spacial score (nSPS) is 17.4. The summed E-state index contributed by atoms with van der Waals surface area (Å²) in [6, 6.07) is 0. The summed E-state index contributed by atoms with van der Waals surface area (Å²) >= 11 is 0. The molecular weight excluding hydrogens is 197 g/mol. The van der Waals surface area contributed by atoms with Crippen LogP contribution in [0.2, 0.25) is 0 Å². The van der Waals surface area contributed by atoms with Gasteiger partial charge in [-0.3, -0.25) is 5.01 Å². The van der Waals surface area contributed by atoms with Gasteiger partial charge in [-0.2, -0.15) is 18.3 Å². The molecule has 0 saturated carbocycles. The minimum atomic E-state index is -4.23. The van der Waals surface area contributed by atoms with Crippen LogP contribution in [-0.4, -0.2) is 43.2 Å². The molecule has 3 nitrogen and oxygen atoms in total. The van der Waals surface area contributed by atoms with Crippen LogP contribution < -0.4 is 0 Å². The van der Waals surface area contributed by atoms with Gasteiger partial charge in [-0.25, -0.2) is 0 Å². The Hall–Kier alpha value is -0.780. The van der Waals surface area contributed by atoms with E-state index in [0.29, 0.717) is 6.54 Å². The largest absolute Gasteiger partial charge is 0.411 e. The van der Waals surface area contributed by atoms with E-state index < -0.39 is 12.8 Å². The van der Waals surface area contributed by atoms with Crippen molar-refractivity contribution in [2.75, 3.05) is 26.3 Å². The molecule has 0 bridgehead atoms. The lowest BCUT2D eigenvalue weighted by Crippen LogP contribution is -2.24. The van der Waals surface area contributed by atoms with Crippen molar-refractivity contribution < 1.29 is 17.9 Å². The second-order valence-corrected chi connectivity index (χ2v) is 3.21. The maximum atomic E-state index is 11.7. The summed E-state index contributed by atoms with van der Waals surface area (Å²) in [4.78, 5) is 0. The van der Waals surface area contributed by atoms with E-state index in [1.54, 1.807) is 5.01 Å². The average molecular weight is 210 g/mol. The zero-order valence-corrected chi connectivity index (χ0v) is 7.97. The molecule has 82 valence electrons. The number of nitrogens with zero attached hydrogens (tertiary/aromatic N) is 2. The van der Waals surface area contributed by atoms with Crippen LogP contribution in [0.4, 0.5) is 13.2 Å².